The minimum absolute atomic E-state index is 0.0650. The van der Waals surface area contributed by atoms with Gasteiger partial charge >= 0.3 is 5.97 Å². The SMILES string of the molecule is Cc1noc(C)c1C(=O)OCC(=O)N(C)C1(c2ccccc2Cl)CCCCC1=O. The van der Waals surface area contributed by atoms with Crippen molar-refractivity contribution in [1.29, 1.82) is 0 Å². The molecule has 0 saturated heterocycles. The fourth-order valence-corrected chi connectivity index (χ4v) is 4.21. The van der Waals surface area contributed by atoms with E-state index >= 15 is 0 Å². The Hall–Kier alpha value is -2.67. The highest BCUT2D eigenvalue weighted by molar-refractivity contribution is 6.31. The monoisotopic (exact) mass is 418 g/mol. The highest BCUT2D eigenvalue weighted by Gasteiger charge is 2.48. The zero-order valence-electron chi connectivity index (χ0n) is 16.7. The molecule has 2 aromatic rings. The zero-order valence-corrected chi connectivity index (χ0v) is 17.4. The largest absolute Gasteiger partial charge is 0.452 e. The van der Waals surface area contributed by atoms with E-state index in [4.69, 9.17) is 20.9 Å². The number of nitrogens with zero attached hydrogens (tertiary/aromatic N) is 2. The summed E-state index contributed by atoms with van der Waals surface area (Å²) < 4.78 is 10.2. The van der Waals surface area contributed by atoms with Crippen LogP contribution in [0.15, 0.2) is 28.8 Å². The number of hydrogen-bond acceptors (Lipinski definition) is 6. The van der Waals surface area contributed by atoms with Gasteiger partial charge in [-0.05, 0) is 39.2 Å². The molecule has 1 fully saturated rings. The van der Waals surface area contributed by atoms with Gasteiger partial charge in [0.15, 0.2) is 12.4 Å². The Morgan fingerprint density at radius 1 is 1.28 bits per heavy atom. The molecule has 0 bridgehead atoms. The van der Waals surface area contributed by atoms with Gasteiger partial charge in [0.25, 0.3) is 5.91 Å². The summed E-state index contributed by atoms with van der Waals surface area (Å²) in [6.45, 7) is 2.71. The summed E-state index contributed by atoms with van der Waals surface area (Å²) in [4.78, 5) is 39.7. The van der Waals surface area contributed by atoms with E-state index < -0.39 is 24.0 Å². The lowest BCUT2D eigenvalue weighted by Gasteiger charge is -2.43. The quantitative estimate of drug-likeness (QED) is 0.689. The van der Waals surface area contributed by atoms with E-state index in [2.05, 4.69) is 5.16 Å². The van der Waals surface area contributed by atoms with Crippen molar-refractivity contribution in [1.82, 2.24) is 10.1 Å². The van der Waals surface area contributed by atoms with Crippen LogP contribution in [0.4, 0.5) is 0 Å². The Kier molecular flexibility index (Phi) is 6.07. The van der Waals surface area contributed by atoms with Crippen molar-refractivity contribution in [2.75, 3.05) is 13.7 Å². The molecule has 1 aliphatic carbocycles. The maximum absolute atomic E-state index is 13.0. The Bertz CT molecular complexity index is 935. The third kappa shape index (κ3) is 3.79. The van der Waals surface area contributed by atoms with Gasteiger partial charge in [-0.2, -0.15) is 0 Å². The lowest BCUT2D eigenvalue weighted by atomic mass is 9.74. The summed E-state index contributed by atoms with van der Waals surface area (Å²) >= 11 is 6.40. The molecule has 1 unspecified atom stereocenters. The number of carbonyl (C=O) groups excluding carboxylic acids is 3. The van der Waals surface area contributed by atoms with Crippen LogP contribution in [0.1, 0.15) is 53.1 Å². The highest BCUT2D eigenvalue weighted by Crippen LogP contribution is 2.42. The van der Waals surface area contributed by atoms with Crippen molar-refractivity contribution in [3.63, 3.8) is 0 Å². The van der Waals surface area contributed by atoms with E-state index in [0.29, 0.717) is 34.9 Å². The third-order valence-corrected chi connectivity index (χ3v) is 5.81. The first-order chi connectivity index (χ1) is 13.8. The fourth-order valence-electron chi connectivity index (χ4n) is 3.91. The van der Waals surface area contributed by atoms with Crippen molar-refractivity contribution in [3.05, 3.63) is 51.9 Å². The number of hydrogen-bond donors (Lipinski definition) is 0. The molecule has 154 valence electrons. The number of rotatable bonds is 5. The minimum Gasteiger partial charge on any atom is -0.452 e. The average molecular weight is 419 g/mol. The Morgan fingerprint density at radius 3 is 2.62 bits per heavy atom. The maximum Gasteiger partial charge on any atom is 0.344 e. The van der Waals surface area contributed by atoms with Crippen LogP contribution < -0.4 is 0 Å². The van der Waals surface area contributed by atoms with Crippen molar-refractivity contribution < 1.29 is 23.6 Å². The normalized spacial score (nSPS) is 19.1. The van der Waals surface area contributed by atoms with Gasteiger partial charge in [-0.1, -0.05) is 35.0 Å². The number of benzene rings is 1. The van der Waals surface area contributed by atoms with Gasteiger partial charge in [0.2, 0.25) is 0 Å². The first-order valence-corrected chi connectivity index (χ1v) is 9.81. The van der Waals surface area contributed by atoms with Crippen LogP contribution in [0.25, 0.3) is 0 Å². The van der Waals surface area contributed by atoms with E-state index in [1.165, 1.54) is 4.90 Å². The number of aryl methyl sites for hydroxylation is 2. The highest BCUT2D eigenvalue weighted by atomic mass is 35.5. The Morgan fingerprint density at radius 2 is 2.00 bits per heavy atom. The molecule has 1 aliphatic rings. The molecule has 0 aliphatic heterocycles. The molecule has 3 rings (SSSR count). The summed E-state index contributed by atoms with van der Waals surface area (Å²) in [5.41, 5.74) is 0.0286. The predicted molar refractivity (Wildman–Crippen MR) is 106 cm³/mol. The summed E-state index contributed by atoms with van der Waals surface area (Å²) in [5, 5.41) is 4.14. The van der Waals surface area contributed by atoms with Gasteiger partial charge in [-0.25, -0.2) is 4.79 Å². The third-order valence-electron chi connectivity index (χ3n) is 5.48. The molecule has 1 aromatic carbocycles. The molecule has 1 amide bonds. The van der Waals surface area contributed by atoms with Gasteiger partial charge in [-0.15, -0.1) is 0 Å². The molecule has 29 heavy (non-hydrogen) atoms. The first-order valence-electron chi connectivity index (χ1n) is 9.44. The van der Waals surface area contributed by atoms with E-state index in [1.807, 2.05) is 0 Å². The molecule has 1 heterocycles. The number of likely N-dealkylation sites (N-methyl/N-ethyl adjacent to an activating group) is 1. The van der Waals surface area contributed by atoms with Crippen molar-refractivity contribution in [2.45, 2.75) is 45.1 Å². The van der Waals surface area contributed by atoms with E-state index in [0.717, 1.165) is 12.8 Å². The van der Waals surface area contributed by atoms with Gasteiger partial charge < -0.3 is 14.2 Å². The standard InChI is InChI=1S/C21H23ClN2O5/c1-13-19(14(2)29-23-13)20(27)28-12-18(26)24(3)21(11-7-6-10-17(21)25)15-8-4-5-9-16(15)22/h4-5,8-9H,6-7,10-12H2,1-3H3. The van der Waals surface area contributed by atoms with Crippen molar-refractivity contribution in [3.8, 4) is 0 Å². The van der Waals surface area contributed by atoms with Gasteiger partial charge in [0.1, 0.15) is 16.9 Å². The van der Waals surface area contributed by atoms with E-state index in [1.54, 1.807) is 45.2 Å². The lowest BCUT2D eigenvalue weighted by Crippen LogP contribution is -2.55. The number of carbonyl (C=O) groups is 3. The smallest absolute Gasteiger partial charge is 0.344 e. The molecular weight excluding hydrogens is 396 g/mol. The van der Waals surface area contributed by atoms with Crippen molar-refractivity contribution >= 4 is 29.3 Å². The number of esters is 1. The number of aromatic nitrogens is 1. The summed E-state index contributed by atoms with van der Waals surface area (Å²) in [7, 11) is 1.55. The average Bonchev–Trinajstić information content (AvgIpc) is 3.04. The minimum atomic E-state index is -1.16. The Labute approximate surface area is 173 Å². The summed E-state index contributed by atoms with van der Waals surface area (Å²) in [5.74, 6) is -0.918. The van der Waals surface area contributed by atoms with Crippen LogP contribution in [0, 0.1) is 13.8 Å². The lowest BCUT2D eigenvalue weighted by molar-refractivity contribution is -0.150. The summed E-state index contributed by atoms with van der Waals surface area (Å²) in [6, 6.07) is 7.04. The number of Topliss-reactive ketones (excluding diaryl/α,β-unsaturated/α-hetero) is 1. The molecule has 7 nitrogen and oxygen atoms in total. The maximum atomic E-state index is 13.0. The molecule has 0 radical (unpaired) electrons. The van der Waals surface area contributed by atoms with Crippen LogP contribution in [-0.4, -0.2) is 41.4 Å². The molecular formula is C21H23ClN2O5. The molecule has 0 spiro atoms. The van der Waals surface area contributed by atoms with Gasteiger partial charge in [0, 0.05) is 24.1 Å². The predicted octanol–water partition coefficient (Wildman–Crippen LogP) is 3.60. The van der Waals surface area contributed by atoms with Gasteiger partial charge in [-0.3, -0.25) is 9.59 Å². The second kappa shape index (κ2) is 8.37. The second-order valence-electron chi connectivity index (χ2n) is 7.20. The van der Waals surface area contributed by atoms with Crippen molar-refractivity contribution in [2.24, 2.45) is 0 Å². The number of halogens is 1. The van der Waals surface area contributed by atoms with Crippen LogP contribution >= 0.6 is 11.6 Å². The molecule has 1 atom stereocenters. The molecule has 8 heteroatoms. The van der Waals surface area contributed by atoms with Crippen LogP contribution in [0.2, 0.25) is 5.02 Å². The number of amides is 1. The van der Waals surface area contributed by atoms with Crippen LogP contribution in [-0.2, 0) is 19.9 Å². The second-order valence-corrected chi connectivity index (χ2v) is 7.61. The van der Waals surface area contributed by atoms with E-state index in [-0.39, 0.29) is 11.3 Å². The Balaban J connectivity index is 1.84. The topological polar surface area (TPSA) is 89.7 Å². The molecule has 1 saturated carbocycles. The van der Waals surface area contributed by atoms with Gasteiger partial charge in [0.05, 0.1) is 5.69 Å². The van der Waals surface area contributed by atoms with Crippen LogP contribution in [0.5, 0.6) is 0 Å². The zero-order chi connectivity index (χ0) is 21.2. The molecule has 0 N–H and O–H groups in total. The summed E-state index contributed by atoms with van der Waals surface area (Å²) in [6.07, 6.45) is 2.39. The first kappa shape index (κ1) is 21.0. The van der Waals surface area contributed by atoms with E-state index in [9.17, 15) is 14.4 Å². The fraction of sp³-hybridized carbons (Fsp3) is 0.429. The number of ether oxygens (including phenoxy) is 1. The van der Waals surface area contributed by atoms with Crippen LogP contribution in [0.3, 0.4) is 0 Å². The number of ketones is 1. The molecule has 1 aromatic heterocycles.